The molecule has 1 aromatic heterocycles. The number of hydrogen-bond acceptors (Lipinski definition) is 6. The van der Waals surface area contributed by atoms with Crippen LogP contribution in [0.25, 0.3) is 0 Å². The summed E-state index contributed by atoms with van der Waals surface area (Å²) in [7, 11) is -1.19. The third-order valence-corrected chi connectivity index (χ3v) is 5.78. The molecule has 6 nitrogen and oxygen atoms in total. The van der Waals surface area contributed by atoms with Gasteiger partial charge in [-0.1, -0.05) is 0 Å². The van der Waals surface area contributed by atoms with Crippen molar-refractivity contribution in [2.24, 2.45) is 0 Å². The first-order valence-corrected chi connectivity index (χ1v) is 8.19. The fourth-order valence-electron chi connectivity index (χ4n) is 1.91. The molecule has 8 heteroatoms. The van der Waals surface area contributed by atoms with Crippen LogP contribution in [0.1, 0.15) is 12.8 Å². The molecule has 2 rings (SSSR count). The van der Waals surface area contributed by atoms with Crippen molar-refractivity contribution in [3.63, 3.8) is 0 Å². The van der Waals surface area contributed by atoms with Crippen molar-refractivity contribution in [2.45, 2.75) is 18.1 Å². The van der Waals surface area contributed by atoms with Crippen LogP contribution in [0.15, 0.2) is 10.7 Å². The van der Waals surface area contributed by atoms with Crippen molar-refractivity contribution in [2.75, 3.05) is 30.0 Å². The van der Waals surface area contributed by atoms with Crippen molar-refractivity contribution in [1.82, 2.24) is 9.97 Å². The van der Waals surface area contributed by atoms with Crippen LogP contribution in [0.2, 0.25) is 0 Å². The standard InChI is InChI=1S/C10H15BrN4O2S/c1-12-10-14-6-8(11)9(15-10)13-5-7-3-2-4-18(7,16)17/h6-7H,2-5H2,1H3,(H2,12,13,14,15). The minimum atomic E-state index is -2.92. The Morgan fingerprint density at radius 3 is 2.94 bits per heavy atom. The lowest BCUT2D eigenvalue weighted by atomic mass is 10.2. The summed E-state index contributed by atoms with van der Waals surface area (Å²) in [6.07, 6.45) is 3.10. The average Bonchev–Trinajstić information content (AvgIpc) is 2.67. The van der Waals surface area contributed by atoms with Crippen LogP contribution in [-0.4, -0.2) is 43.0 Å². The Labute approximate surface area is 115 Å². The van der Waals surface area contributed by atoms with Gasteiger partial charge in [-0.05, 0) is 28.8 Å². The molecule has 1 aliphatic rings. The Morgan fingerprint density at radius 1 is 1.56 bits per heavy atom. The Hall–Kier alpha value is -0.890. The molecule has 0 saturated carbocycles. The molecule has 0 aromatic carbocycles. The van der Waals surface area contributed by atoms with Crippen molar-refractivity contribution >= 4 is 37.5 Å². The van der Waals surface area contributed by atoms with Gasteiger partial charge in [-0.25, -0.2) is 13.4 Å². The van der Waals surface area contributed by atoms with Gasteiger partial charge in [-0.2, -0.15) is 4.98 Å². The van der Waals surface area contributed by atoms with Gasteiger partial charge >= 0.3 is 0 Å². The van der Waals surface area contributed by atoms with Crippen LogP contribution in [-0.2, 0) is 9.84 Å². The molecule has 1 fully saturated rings. The molecular formula is C10H15BrN4O2S. The van der Waals surface area contributed by atoms with Gasteiger partial charge in [-0.3, -0.25) is 0 Å². The molecule has 0 spiro atoms. The normalized spacial score (nSPS) is 21.8. The lowest BCUT2D eigenvalue weighted by Crippen LogP contribution is -2.25. The number of nitrogens with one attached hydrogen (secondary N) is 2. The van der Waals surface area contributed by atoms with Crippen LogP contribution < -0.4 is 10.6 Å². The lowest BCUT2D eigenvalue weighted by Gasteiger charge is -2.12. The van der Waals surface area contributed by atoms with Gasteiger partial charge in [0.05, 0.1) is 15.5 Å². The molecule has 1 atom stereocenters. The highest BCUT2D eigenvalue weighted by atomic mass is 79.9. The van der Waals surface area contributed by atoms with Gasteiger partial charge in [0.25, 0.3) is 0 Å². The number of anilines is 2. The van der Waals surface area contributed by atoms with E-state index in [0.717, 1.165) is 17.3 Å². The van der Waals surface area contributed by atoms with E-state index in [4.69, 9.17) is 0 Å². The Bertz CT molecular complexity index is 535. The van der Waals surface area contributed by atoms with Crippen molar-refractivity contribution in [1.29, 1.82) is 0 Å². The summed E-state index contributed by atoms with van der Waals surface area (Å²) in [5.41, 5.74) is 0. The molecule has 2 heterocycles. The summed E-state index contributed by atoms with van der Waals surface area (Å²) in [6, 6.07) is 0. The predicted molar refractivity (Wildman–Crippen MR) is 74.6 cm³/mol. The van der Waals surface area contributed by atoms with E-state index in [1.807, 2.05) is 0 Å². The highest BCUT2D eigenvalue weighted by molar-refractivity contribution is 9.10. The van der Waals surface area contributed by atoms with Crippen LogP contribution in [0.4, 0.5) is 11.8 Å². The minimum absolute atomic E-state index is 0.298. The predicted octanol–water partition coefficient (Wildman–Crippen LogP) is 1.27. The number of nitrogens with zero attached hydrogens (tertiary/aromatic N) is 2. The Kier molecular flexibility index (Phi) is 4.06. The van der Waals surface area contributed by atoms with Gasteiger partial charge in [0.15, 0.2) is 9.84 Å². The largest absolute Gasteiger partial charge is 0.368 e. The first kappa shape index (κ1) is 13.5. The van der Waals surface area contributed by atoms with Gasteiger partial charge in [0, 0.05) is 19.8 Å². The van der Waals surface area contributed by atoms with E-state index < -0.39 is 9.84 Å². The molecule has 0 aliphatic carbocycles. The molecular weight excluding hydrogens is 320 g/mol. The summed E-state index contributed by atoms with van der Waals surface area (Å²) >= 11 is 3.33. The fraction of sp³-hybridized carbons (Fsp3) is 0.600. The highest BCUT2D eigenvalue weighted by Crippen LogP contribution is 2.23. The highest BCUT2D eigenvalue weighted by Gasteiger charge is 2.31. The molecule has 100 valence electrons. The molecule has 0 radical (unpaired) electrons. The SMILES string of the molecule is CNc1ncc(Br)c(NCC2CCCS2(=O)=O)n1. The second-order valence-corrected chi connectivity index (χ2v) is 7.41. The fourth-order valence-corrected chi connectivity index (χ4v) is 4.01. The minimum Gasteiger partial charge on any atom is -0.368 e. The number of halogens is 1. The zero-order valence-electron chi connectivity index (χ0n) is 9.98. The topological polar surface area (TPSA) is 84.0 Å². The molecule has 18 heavy (non-hydrogen) atoms. The van der Waals surface area contributed by atoms with E-state index in [-0.39, 0.29) is 5.25 Å². The van der Waals surface area contributed by atoms with E-state index in [0.29, 0.717) is 24.1 Å². The third kappa shape index (κ3) is 2.92. The summed E-state index contributed by atoms with van der Waals surface area (Å²) in [5.74, 6) is 1.40. The summed E-state index contributed by atoms with van der Waals surface area (Å²) in [6.45, 7) is 0.390. The van der Waals surface area contributed by atoms with E-state index in [2.05, 4.69) is 36.5 Å². The van der Waals surface area contributed by atoms with Gasteiger partial charge in [0.1, 0.15) is 5.82 Å². The Morgan fingerprint density at radius 2 is 2.33 bits per heavy atom. The van der Waals surface area contributed by atoms with Crippen molar-refractivity contribution in [3.05, 3.63) is 10.7 Å². The molecule has 0 amide bonds. The molecule has 1 unspecified atom stereocenters. The van der Waals surface area contributed by atoms with E-state index >= 15 is 0 Å². The lowest BCUT2D eigenvalue weighted by molar-refractivity contribution is 0.591. The maximum absolute atomic E-state index is 11.7. The second-order valence-electron chi connectivity index (χ2n) is 4.15. The molecule has 1 aromatic rings. The zero-order valence-corrected chi connectivity index (χ0v) is 12.4. The zero-order chi connectivity index (χ0) is 13.2. The summed E-state index contributed by atoms with van der Waals surface area (Å²) in [4.78, 5) is 8.26. The maximum Gasteiger partial charge on any atom is 0.224 e. The quantitative estimate of drug-likeness (QED) is 0.862. The van der Waals surface area contributed by atoms with Gasteiger partial charge in [0.2, 0.25) is 5.95 Å². The van der Waals surface area contributed by atoms with Gasteiger partial charge < -0.3 is 10.6 Å². The molecule has 1 aliphatic heterocycles. The number of aromatic nitrogens is 2. The van der Waals surface area contributed by atoms with Crippen LogP contribution in [0.3, 0.4) is 0 Å². The molecule has 2 N–H and O–H groups in total. The monoisotopic (exact) mass is 334 g/mol. The van der Waals surface area contributed by atoms with Crippen molar-refractivity contribution in [3.8, 4) is 0 Å². The van der Waals surface area contributed by atoms with E-state index in [1.54, 1.807) is 13.2 Å². The van der Waals surface area contributed by atoms with Crippen LogP contribution >= 0.6 is 15.9 Å². The Balaban J connectivity index is 2.06. The maximum atomic E-state index is 11.7. The summed E-state index contributed by atoms with van der Waals surface area (Å²) < 4.78 is 24.1. The van der Waals surface area contributed by atoms with Gasteiger partial charge in [-0.15, -0.1) is 0 Å². The number of sulfone groups is 1. The van der Waals surface area contributed by atoms with E-state index in [9.17, 15) is 8.42 Å². The molecule has 0 bridgehead atoms. The van der Waals surface area contributed by atoms with Crippen LogP contribution in [0.5, 0.6) is 0 Å². The first-order chi connectivity index (χ1) is 8.53. The average molecular weight is 335 g/mol. The third-order valence-electron chi connectivity index (χ3n) is 2.93. The second kappa shape index (κ2) is 5.40. The smallest absolute Gasteiger partial charge is 0.224 e. The summed E-state index contributed by atoms with van der Waals surface area (Å²) in [5, 5.41) is 5.60. The number of rotatable bonds is 4. The van der Waals surface area contributed by atoms with E-state index in [1.165, 1.54) is 0 Å². The van der Waals surface area contributed by atoms with Crippen LogP contribution in [0, 0.1) is 0 Å². The first-order valence-electron chi connectivity index (χ1n) is 5.68. The number of hydrogen-bond donors (Lipinski definition) is 2. The van der Waals surface area contributed by atoms with Crippen molar-refractivity contribution < 1.29 is 8.42 Å². The molecule has 1 saturated heterocycles.